The molecule has 3 aromatic rings. The second kappa shape index (κ2) is 9.28. The number of methoxy groups -OCH3 is 1. The number of rotatable bonds is 8. The van der Waals surface area contributed by atoms with Crippen molar-refractivity contribution in [3.8, 4) is 17.2 Å². The van der Waals surface area contributed by atoms with Crippen LogP contribution in [-0.2, 0) is 0 Å². The average molecular weight is 393 g/mol. The van der Waals surface area contributed by atoms with Crippen LogP contribution in [-0.4, -0.2) is 29.4 Å². The van der Waals surface area contributed by atoms with Crippen LogP contribution in [0.3, 0.4) is 0 Å². The molecule has 0 aliphatic carbocycles. The third kappa shape index (κ3) is 4.77. The summed E-state index contributed by atoms with van der Waals surface area (Å²) in [6.45, 7) is 6.66. The first-order valence-corrected chi connectivity index (χ1v) is 9.78. The number of para-hydroxylation sites is 2. The highest BCUT2D eigenvalue weighted by Gasteiger charge is 2.15. The Labute approximate surface area is 171 Å². The van der Waals surface area contributed by atoms with Crippen molar-refractivity contribution >= 4 is 11.6 Å². The Balaban J connectivity index is 1.83. The summed E-state index contributed by atoms with van der Waals surface area (Å²) >= 11 is 0. The van der Waals surface area contributed by atoms with Gasteiger partial charge in [0.1, 0.15) is 0 Å². The lowest BCUT2D eigenvalue weighted by Gasteiger charge is -2.14. The molecule has 1 heterocycles. The van der Waals surface area contributed by atoms with Gasteiger partial charge < -0.3 is 14.8 Å². The van der Waals surface area contributed by atoms with Gasteiger partial charge in [-0.1, -0.05) is 25.5 Å². The Morgan fingerprint density at radius 3 is 2.59 bits per heavy atom. The molecular formula is C23H27N3O3. The summed E-state index contributed by atoms with van der Waals surface area (Å²) in [7, 11) is 1.57. The number of aromatic nitrogens is 2. The van der Waals surface area contributed by atoms with Crippen LogP contribution in [0.4, 0.5) is 5.69 Å². The smallest absolute Gasteiger partial charge is 0.255 e. The van der Waals surface area contributed by atoms with Crippen molar-refractivity contribution in [1.29, 1.82) is 0 Å². The SMILES string of the molecule is CCCCOc1ccc(C(=O)Nc2ccccc2-n2nc(C)cc2C)cc1OC. The zero-order chi connectivity index (χ0) is 20.8. The molecule has 3 rings (SSSR count). The molecule has 0 aliphatic rings. The van der Waals surface area contributed by atoms with E-state index in [2.05, 4.69) is 17.3 Å². The number of anilines is 1. The van der Waals surface area contributed by atoms with Crippen molar-refractivity contribution in [2.45, 2.75) is 33.6 Å². The van der Waals surface area contributed by atoms with E-state index in [0.29, 0.717) is 29.4 Å². The molecule has 0 unspecified atom stereocenters. The number of nitrogens with one attached hydrogen (secondary N) is 1. The molecule has 2 aromatic carbocycles. The summed E-state index contributed by atoms with van der Waals surface area (Å²) in [6, 6.07) is 14.8. The van der Waals surface area contributed by atoms with E-state index < -0.39 is 0 Å². The fraction of sp³-hybridized carbons (Fsp3) is 0.304. The van der Waals surface area contributed by atoms with Gasteiger partial charge in [0.05, 0.1) is 30.8 Å². The highest BCUT2D eigenvalue weighted by Crippen LogP contribution is 2.29. The summed E-state index contributed by atoms with van der Waals surface area (Å²) in [5, 5.41) is 7.51. The number of unbranched alkanes of at least 4 members (excludes halogenated alkanes) is 1. The van der Waals surface area contributed by atoms with Crippen LogP contribution in [0.15, 0.2) is 48.5 Å². The van der Waals surface area contributed by atoms with E-state index in [1.165, 1.54) is 0 Å². The third-order valence-corrected chi connectivity index (χ3v) is 4.57. The summed E-state index contributed by atoms with van der Waals surface area (Å²) < 4.78 is 13.0. The normalized spacial score (nSPS) is 10.6. The molecule has 0 atom stereocenters. The summed E-state index contributed by atoms with van der Waals surface area (Å²) in [6.07, 6.45) is 2.02. The molecule has 0 bridgehead atoms. The minimum Gasteiger partial charge on any atom is -0.493 e. The van der Waals surface area contributed by atoms with Crippen LogP contribution in [0.25, 0.3) is 5.69 Å². The highest BCUT2D eigenvalue weighted by molar-refractivity contribution is 6.05. The average Bonchev–Trinajstić information content (AvgIpc) is 3.06. The van der Waals surface area contributed by atoms with E-state index in [1.807, 2.05) is 48.9 Å². The van der Waals surface area contributed by atoms with E-state index >= 15 is 0 Å². The van der Waals surface area contributed by atoms with Crippen molar-refractivity contribution in [2.24, 2.45) is 0 Å². The molecule has 1 aromatic heterocycles. The molecule has 6 nitrogen and oxygen atoms in total. The minimum absolute atomic E-state index is 0.225. The van der Waals surface area contributed by atoms with E-state index in [4.69, 9.17) is 9.47 Å². The number of nitrogens with zero attached hydrogens (tertiary/aromatic N) is 2. The highest BCUT2D eigenvalue weighted by atomic mass is 16.5. The first-order valence-electron chi connectivity index (χ1n) is 9.78. The van der Waals surface area contributed by atoms with Crippen molar-refractivity contribution < 1.29 is 14.3 Å². The number of hydrogen-bond acceptors (Lipinski definition) is 4. The van der Waals surface area contributed by atoms with Crippen molar-refractivity contribution in [1.82, 2.24) is 9.78 Å². The predicted molar refractivity (Wildman–Crippen MR) is 114 cm³/mol. The lowest BCUT2D eigenvalue weighted by atomic mass is 10.1. The van der Waals surface area contributed by atoms with Crippen molar-refractivity contribution in [3.63, 3.8) is 0 Å². The molecule has 152 valence electrons. The molecule has 0 radical (unpaired) electrons. The molecule has 0 aliphatic heterocycles. The number of carbonyl (C=O) groups excluding carboxylic acids is 1. The van der Waals surface area contributed by atoms with Crippen molar-refractivity contribution in [2.75, 3.05) is 19.0 Å². The summed E-state index contributed by atoms with van der Waals surface area (Å²) in [5.74, 6) is 0.957. The van der Waals surface area contributed by atoms with Gasteiger partial charge in [0.15, 0.2) is 11.5 Å². The summed E-state index contributed by atoms with van der Waals surface area (Å²) in [4.78, 5) is 12.9. The van der Waals surface area contributed by atoms with Gasteiger partial charge in [0, 0.05) is 11.3 Å². The lowest BCUT2D eigenvalue weighted by molar-refractivity contribution is 0.102. The first-order chi connectivity index (χ1) is 14.0. The van der Waals surface area contributed by atoms with Crippen LogP contribution >= 0.6 is 0 Å². The maximum Gasteiger partial charge on any atom is 0.255 e. The Morgan fingerprint density at radius 2 is 1.90 bits per heavy atom. The van der Waals surface area contributed by atoms with Crippen LogP contribution in [0.1, 0.15) is 41.5 Å². The zero-order valence-corrected chi connectivity index (χ0v) is 17.4. The van der Waals surface area contributed by atoms with Gasteiger partial charge >= 0.3 is 0 Å². The maximum atomic E-state index is 12.9. The molecule has 1 N–H and O–H groups in total. The fourth-order valence-corrected chi connectivity index (χ4v) is 3.09. The molecule has 0 saturated carbocycles. The number of hydrogen-bond donors (Lipinski definition) is 1. The van der Waals surface area contributed by atoms with Crippen LogP contribution in [0, 0.1) is 13.8 Å². The van der Waals surface area contributed by atoms with Crippen LogP contribution in [0.5, 0.6) is 11.5 Å². The van der Waals surface area contributed by atoms with E-state index in [-0.39, 0.29) is 5.91 Å². The van der Waals surface area contributed by atoms with E-state index in [9.17, 15) is 4.79 Å². The molecule has 29 heavy (non-hydrogen) atoms. The lowest BCUT2D eigenvalue weighted by Crippen LogP contribution is -2.14. The fourth-order valence-electron chi connectivity index (χ4n) is 3.09. The Hall–Kier alpha value is -3.28. The number of amides is 1. The van der Waals surface area contributed by atoms with Gasteiger partial charge in [0.25, 0.3) is 5.91 Å². The van der Waals surface area contributed by atoms with Crippen LogP contribution < -0.4 is 14.8 Å². The number of ether oxygens (including phenoxy) is 2. The molecular weight excluding hydrogens is 366 g/mol. The Bertz CT molecular complexity index is 995. The second-order valence-electron chi connectivity index (χ2n) is 6.88. The van der Waals surface area contributed by atoms with Gasteiger partial charge in [-0.15, -0.1) is 0 Å². The maximum absolute atomic E-state index is 12.9. The number of carbonyl (C=O) groups is 1. The van der Waals surface area contributed by atoms with Crippen LogP contribution in [0.2, 0.25) is 0 Å². The zero-order valence-electron chi connectivity index (χ0n) is 17.4. The Kier molecular flexibility index (Phi) is 6.54. The molecule has 0 spiro atoms. The standard InChI is InChI=1S/C23H27N3O3/c1-5-6-13-29-21-12-11-18(15-22(21)28-4)23(27)24-19-9-7-8-10-20(19)26-17(3)14-16(2)25-26/h7-12,14-15H,5-6,13H2,1-4H3,(H,24,27). The topological polar surface area (TPSA) is 65.4 Å². The van der Waals surface area contributed by atoms with E-state index in [0.717, 1.165) is 29.9 Å². The molecule has 0 saturated heterocycles. The molecule has 6 heteroatoms. The van der Waals surface area contributed by atoms with Gasteiger partial charge in [0.2, 0.25) is 0 Å². The van der Waals surface area contributed by atoms with Gasteiger partial charge in [-0.05, 0) is 56.7 Å². The van der Waals surface area contributed by atoms with Gasteiger partial charge in [-0.2, -0.15) is 5.10 Å². The Morgan fingerprint density at radius 1 is 1.10 bits per heavy atom. The summed E-state index contributed by atoms with van der Waals surface area (Å²) in [5.41, 5.74) is 3.92. The number of benzene rings is 2. The molecule has 0 fully saturated rings. The first kappa shape index (κ1) is 20.5. The predicted octanol–water partition coefficient (Wildman–Crippen LogP) is 4.93. The van der Waals surface area contributed by atoms with Gasteiger partial charge in [-0.3, -0.25) is 4.79 Å². The largest absolute Gasteiger partial charge is 0.493 e. The quantitative estimate of drug-likeness (QED) is 0.551. The minimum atomic E-state index is -0.225. The molecule has 1 amide bonds. The monoisotopic (exact) mass is 393 g/mol. The third-order valence-electron chi connectivity index (χ3n) is 4.57. The van der Waals surface area contributed by atoms with E-state index in [1.54, 1.807) is 25.3 Å². The van der Waals surface area contributed by atoms with Crippen molar-refractivity contribution in [3.05, 3.63) is 65.5 Å². The second-order valence-corrected chi connectivity index (χ2v) is 6.88. The number of aryl methyl sites for hydroxylation is 2. The van der Waals surface area contributed by atoms with Gasteiger partial charge in [-0.25, -0.2) is 4.68 Å².